The zero-order chi connectivity index (χ0) is 21.1. The number of nitrogens with one attached hydrogen (secondary N) is 2. The predicted molar refractivity (Wildman–Crippen MR) is 124 cm³/mol. The second kappa shape index (κ2) is 9.33. The van der Waals surface area contributed by atoms with Gasteiger partial charge in [0.25, 0.3) is 5.91 Å². The Bertz CT molecular complexity index is 743. The number of benzene rings is 1. The van der Waals surface area contributed by atoms with Crippen molar-refractivity contribution in [1.29, 1.82) is 0 Å². The lowest BCUT2D eigenvalue weighted by atomic mass is 9.49. The van der Waals surface area contributed by atoms with E-state index >= 15 is 0 Å². The van der Waals surface area contributed by atoms with E-state index in [1.165, 1.54) is 38.5 Å². The number of hydrogen-bond donors (Lipinski definition) is 2. The molecule has 1 aromatic rings. The van der Waals surface area contributed by atoms with Crippen LogP contribution in [0.2, 0.25) is 0 Å². The lowest BCUT2D eigenvalue weighted by Gasteiger charge is -2.57. The summed E-state index contributed by atoms with van der Waals surface area (Å²) in [6.07, 6.45) is 12.3. The first-order valence-corrected chi connectivity index (χ1v) is 13.0. The Morgan fingerprint density at radius 2 is 1.80 bits per heavy atom. The molecule has 164 valence electrons. The average Bonchev–Trinajstić information content (AvgIpc) is 2.69. The van der Waals surface area contributed by atoms with Gasteiger partial charge in [-0.2, -0.15) is 11.8 Å². The first-order valence-electron chi connectivity index (χ1n) is 11.6. The minimum Gasteiger partial charge on any atom is -0.354 e. The number of carbonyl (C=O) groups excluding carboxylic acids is 2. The largest absolute Gasteiger partial charge is 0.354 e. The number of thioether (sulfide) groups is 1. The normalized spacial score (nSPS) is 30.1. The first kappa shape index (κ1) is 21.7. The van der Waals surface area contributed by atoms with E-state index in [0.717, 1.165) is 42.0 Å². The molecule has 4 nitrogen and oxygen atoms in total. The maximum atomic E-state index is 12.9. The molecule has 0 radical (unpaired) electrons. The molecule has 5 heteroatoms. The smallest absolute Gasteiger partial charge is 0.251 e. The number of amides is 2. The summed E-state index contributed by atoms with van der Waals surface area (Å²) < 4.78 is 0. The summed E-state index contributed by atoms with van der Waals surface area (Å²) in [6, 6.07) is 7.05. The Morgan fingerprint density at radius 1 is 1.13 bits per heavy atom. The van der Waals surface area contributed by atoms with Gasteiger partial charge in [-0.15, -0.1) is 0 Å². The van der Waals surface area contributed by atoms with E-state index in [2.05, 4.69) is 10.6 Å². The highest BCUT2D eigenvalue weighted by atomic mass is 32.2. The van der Waals surface area contributed by atoms with E-state index in [4.69, 9.17) is 0 Å². The van der Waals surface area contributed by atoms with Crippen LogP contribution in [0, 0.1) is 30.1 Å². The lowest BCUT2D eigenvalue weighted by molar-refractivity contribution is -0.123. The van der Waals surface area contributed by atoms with Gasteiger partial charge < -0.3 is 10.6 Å². The van der Waals surface area contributed by atoms with Crippen molar-refractivity contribution < 1.29 is 9.59 Å². The fourth-order valence-corrected chi connectivity index (χ4v) is 7.17. The van der Waals surface area contributed by atoms with Gasteiger partial charge in [0.1, 0.15) is 6.04 Å². The third-order valence-electron chi connectivity index (χ3n) is 7.63. The van der Waals surface area contributed by atoms with Gasteiger partial charge in [-0.05, 0) is 106 Å². The monoisotopic (exact) mass is 428 g/mol. The van der Waals surface area contributed by atoms with E-state index in [9.17, 15) is 9.59 Å². The summed E-state index contributed by atoms with van der Waals surface area (Å²) in [7, 11) is 0. The Labute approximate surface area is 185 Å². The van der Waals surface area contributed by atoms with Crippen molar-refractivity contribution in [2.24, 2.45) is 23.2 Å². The van der Waals surface area contributed by atoms with Crippen LogP contribution in [0.4, 0.5) is 0 Å². The first-order chi connectivity index (χ1) is 14.5. The molecule has 4 fully saturated rings. The second-order valence-corrected chi connectivity index (χ2v) is 11.1. The Kier molecular flexibility index (Phi) is 6.76. The molecule has 0 heterocycles. The maximum absolute atomic E-state index is 12.9. The maximum Gasteiger partial charge on any atom is 0.251 e. The van der Waals surface area contributed by atoms with Crippen LogP contribution in [0.15, 0.2) is 24.3 Å². The summed E-state index contributed by atoms with van der Waals surface area (Å²) >= 11 is 1.70. The molecular formula is C25H36N2O2S. The highest BCUT2D eigenvalue weighted by Gasteiger charge is 2.50. The molecule has 0 spiro atoms. The van der Waals surface area contributed by atoms with Gasteiger partial charge in [0.2, 0.25) is 5.91 Å². The highest BCUT2D eigenvalue weighted by molar-refractivity contribution is 7.98. The average molecular weight is 429 g/mol. The quantitative estimate of drug-likeness (QED) is 0.606. The molecule has 4 saturated carbocycles. The molecule has 0 aromatic heterocycles. The van der Waals surface area contributed by atoms with Crippen molar-refractivity contribution in [3.63, 3.8) is 0 Å². The van der Waals surface area contributed by atoms with Crippen molar-refractivity contribution in [3.05, 3.63) is 35.4 Å². The van der Waals surface area contributed by atoms with Crippen LogP contribution in [0.1, 0.15) is 67.3 Å². The van der Waals surface area contributed by atoms with Gasteiger partial charge in [-0.25, -0.2) is 0 Å². The molecular weight excluding hydrogens is 392 g/mol. The zero-order valence-electron chi connectivity index (χ0n) is 18.4. The van der Waals surface area contributed by atoms with E-state index in [1.54, 1.807) is 17.8 Å². The van der Waals surface area contributed by atoms with E-state index in [-0.39, 0.29) is 11.8 Å². The van der Waals surface area contributed by atoms with Gasteiger partial charge in [-0.3, -0.25) is 9.59 Å². The molecule has 1 atom stereocenters. The molecule has 30 heavy (non-hydrogen) atoms. The standard InChI is InChI=1S/C25H36N2O2S/c1-17-4-3-5-21(10-17)23(28)27-22(6-9-30-2)24(29)26-8-7-25-14-18-11-19(15-25)13-20(12-18)16-25/h3-5,10,18-20,22H,6-9,11-16H2,1-2H3,(H,26,29)(H,27,28). The Hall–Kier alpha value is -1.49. The van der Waals surface area contributed by atoms with Crippen molar-refractivity contribution >= 4 is 23.6 Å². The lowest BCUT2D eigenvalue weighted by Crippen LogP contribution is -2.50. The molecule has 0 aliphatic heterocycles. The van der Waals surface area contributed by atoms with Gasteiger partial charge in [0.05, 0.1) is 0 Å². The van der Waals surface area contributed by atoms with Crippen LogP contribution in [-0.4, -0.2) is 36.4 Å². The van der Waals surface area contributed by atoms with E-state index in [1.807, 2.05) is 31.4 Å². The summed E-state index contributed by atoms with van der Waals surface area (Å²) in [4.78, 5) is 25.6. The molecule has 0 saturated heterocycles. The van der Waals surface area contributed by atoms with Crippen LogP contribution in [0.25, 0.3) is 0 Å². The number of hydrogen-bond acceptors (Lipinski definition) is 3. The number of carbonyl (C=O) groups is 2. The van der Waals surface area contributed by atoms with Crippen LogP contribution >= 0.6 is 11.8 Å². The SMILES string of the molecule is CSCCC(NC(=O)c1cccc(C)c1)C(=O)NCCC12CC3CC(CC(C3)C1)C2. The van der Waals surface area contributed by atoms with Gasteiger partial charge in [-0.1, -0.05) is 17.7 Å². The summed E-state index contributed by atoms with van der Waals surface area (Å²) in [5, 5.41) is 6.15. The number of aryl methyl sites for hydroxylation is 1. The minimum atomic E-state index is -0.471. The molecule has 4 aliphatic carbocycles. The topological polar surface area (TPSA) is 58.2 Å². The molecule has 2 amide bonds. The summed E-state index contributed by atoms with van der Waals surface area (Å²) in [6.45, 7) is 2.71. The summed E-state index contributed by atoms with van der Waals surface area (Å²) in [5.41, 5.74) is 2.13. The van der Waals surface area contributed by atoms with Gasteiger partial charge in [0.15, 0.2) is 0 Å². The highest BCUT2D eigenvalue weighted by Crippen LogP contribution is 2.61. The van der Waals surface area contributed by atoms with E-state index in [0.29, 0.717) is 17.4 Å². The molecule has 1 unspecified atom stereocenters. The van der Waals surface area contributed by atoms with Crippen molar-refractivity contribution in [2.45, 2.75) is 64.3 Å². The van der Waals surface area contributed by atoms with Crippen molar-refractivity contribution in [1.82, 2.24) is 10.6 Å². The third-order valence-corrected chi connectivity index (χ3v) is 8.28. The number of rotatable bonds is 9. The fourth-order valence-electron chi connectivity index (χ4n) is 6.70. The predicted octanol–water partition coefficient (Wildman–Crippen LogP) is 4.57. The van der Waals surface area contributed by atoms with Crippen LogP contribution in [0.5, 0.6) is 0 Å². The third kappa shape index (κ3) is 5.04. The van der Waals surface area contributed by atoms with Crippen LogP contribution < -0.4 is 10.6 Å². The minimum absolute atomic E-state index is 0.0326. The summed E-state index contributed by atoms with van der Waals surface area (Å²) in [5.74, 6) is 3.47. The van der Waals surface area contributed by atoms with Crippen molar-refractivity contribution in [3.8, 4) is 0 Å². The van der Waals surface area contributed by atoms with Crippen LogP contribution in [0.3, 0.4) is 0 Å². The molecule has 4 bridgehead atoms. The van der Waals surface area contributed by atoms with Gasteiger partial charge >= 0.3 is 0 Å². The van der Waals surface area contributed by atoms with Crippen LogP contribution in [-0.2, 0) is 4.79 Å². The van der Waals surface area contributed by atoms with Crippen molar-refractivity contribution in [2.75, 3.05) is 18.6 Å². The Balaban J connectivity index is 1.31. The molecule has 1 aromatic carbocycles. The van der Waals surface area contributed by atoms with E-state index < -0.39 is 6.04 Å². The molecule has 2 N–H and O–H groups in total. The second-order valence-electron chi connectivity index (χ2n) is 10.1. The molecule has 4 aliphatic rings. The zero-order valence-corrected chi connectivity index (χ0v) is 19.2. The fraction of sp³-hybridized carbons (Fsp3) is 0.680. The molecule has 5 rings (SSSR count). The van der Waals surface area contributed by atoms with Gasteiger partial charge in [0, 0.05) is 12.1 Å². The Morgan fingerprint density at radius 3 is 2.40 bits per heavy atom.